The van der Waals surface area contributed by atoms with E-state index in [0.717, 1.165) is 18.7 Å². The van der Waals surface area contributed by atoms with Crippen molar-refractivity contribution in [1.29, 1.82) is 0 Å². The normalized spacial score (nSPS) is 18.3. The summed E-state index contributed by atoms with van der Waals surface area (Å²) in [4.78, 5) is 0. The molecule has 1 fully saturated rings. The lowest BCUT2D eigenvalue weighted by Gasteiger charge is -2.10. The van der Waals surface area contributed by atoms with Crippen molar-refractivity contribution in [3.63, 3.8) is 0 Å². The number of hydrogen-bond acceptors (Lipinski definition) is 3. The monoisotopic (exact) mass is 205 g/mol. The Balaban J connectivity index is 1.66. The molecule has 1 N–H and O–H groups in total. The molecule has 1 aromatic carbocycles. The van der Waals surface area contributed by atoms with Crippen molar-refractivity contribution >= 4 is 0 Å². The lowest BCUT2D eigenvalue weighted by molar-refractivity contribution is 0.177. The first-order chi connectivity index (χ1) is 7.34. The molecule has 0 bridgehead atoms. The van der Waals surface area contributed by atoms with Crippen molar-refractivity contribution in [3.05, 3.63) is 48.4 Å². The Hall–Kier alpha value is -1.48. The minimum Gasteiger partial charge on any atom is -0.475 e. The summed E-state index contributed by atoms with van der Waals surface area (Å²) in [5.74, 6) is 0.606. The van der Waals surface area contributed by atoms with E-state index in [4.69, 9.17) is 9.47 Å². The van der Waals surface area contributed by atoms with Crippen LogP contribution in [0.4, 0.5) is 0 Å². The maximum Gasteiger partial charge on any atom is 0.179 e. The van der Waals surface area contributed by atoms with E-state index in [9.17, 15) is 0 Å². The quantitative estimate of drug-likeness (QED) is 0.566. The molecular weight excluding hydrogens is 190 g/mol. The summed E-state index contributed by atoms with van der Waals surface area (Å²) < 4.78 is 10.5. The third-order valence-corrected chi connectivity index (χ3v) is 2.19. The number of epoxide rings is 1. The minimum atomic E-state index is 0.349. The fraction of sp³-hybridized carbons (Fsp3) is 0.333. The topological polar surface area (TPSA) is 33.8 Å². The lowest BCUT2D eigenvalue weighted by Crippen LogP contribution is -2.20. The molecule has 15 heavy (non-hydrogen) atoms. The van der Waals surface area contributed by atoms with Gasteiger partial charge in [0.05, 0.1) is 12.7 Å². The second-order valence-electron chi connectivity index (χ2n) is 3.53. The highest BCUT2D eigenvalue weighted by atomic mass is 16.6. The second-order valence-corrected chi connectivity index (χ2v) is 3.53. The Kier molecular flexibility index (Phi) is 3.25. The van der Waals surface area contributed by atoms with Gasteiger partial charge in [0, 0.05) is 6.54 Å². The van der Waals surface area contributed by atoms with Crippen LogP contribution in [0.5, 0.6) is 0 Å². The van der Waals surface area contributed by atoms with Gasteiger partial charge in [-0.3, -0.25) is 0 Å². The summed E-state index contributed by atoms with van der Waals surface area (Å²) in [6, 6.07) is 10.0. The zero-order valence-electron chi connectivity index (χ0n) is 8.61. The standard InChI is InChI=1S/C12H15NO2/c1-10(13-7-12-9-15-12)14-8-11-5-3-2-4-6-11/h2-6,12-13H,1,7-9H2. The average Bonchev–Trinajstić information content (AvgIpc) is 3.09. The highest BCUT2D eigenvalue weighted by Gasteiger charge is 2.21. The Morgan fingerprint density at radius 3 is 2.87 bits per heavy atom. The van der Waals surface area contributed by atoms with Crippen LogP contribution in [0.25, 0.3) is 0 Å². The molecule has 1 aliphatic heterocycles. The fourth-order valence-electron chi connectivity index (χ4n) is 1.21. The van der Waals surface area contributed by atoms with E-state index in [1.54, 1.807) is 0 Å². The molecule has 0 radical (unpaired) electrons. The van der Waals surface area contributed by atoms with Gasteiger partial charge < -0.3 is 14.8 Å². The lowest BCUT2D eigenvalue weighted by atomic mass is 10.2. The number of ether oxygens (including phenoxy) is 2. The van der Waals surface area contributed by atoms with Gasteiger partial charge in [-0.2, -0.15) is 0 Å². The molecule has 3 heteroatoms. The molecule has 0 aliphatic carbocycles. The molecule has 3 nitrogen and oxygen atoms in total. The minimum absolute atomic E-state index is 0.349. The van der Waals surface area contributed by atoms with Gasteiger partial charge in [0.1, 0.15) is 6.61 Å². The van der Waals surface area contributed by atoms with Gasteiger partial charge in [-0.1, -0.05) is 30.3 Å². The van der Waals surface area contributed by atoms with Crippen LogP contribution in [0.15, 0.2) is 42.8 Å². The van der Waals surface area contributed by atoms with E-state index < -0.39 is 0 Å². The first kappa shape index (κ1) is 10.1. The molecule has 0 amide bonds. The van der Waals surface area contributed by atoms with Gasteiger partial charge in [0.25, 0.3) is 0 Å². The highest BCUT2D eigenvalue weighted by Crippen LogP contribution is 2.08. The van der Waals surface area contributed by atoms with Crippen LogP contribution in [0.1, 0.15) is 5.56 Å². The Morgan fingerprint density at radius 2 is 2.20 bits per heavy atom. The number of rotatable bonds is 6. The fourth-order valence-corrected chi connectivity index (χ4v) is 1.21. The van der Waals surface area contributed by atoms with Crippen molar-refractivity contribution in [3.8, 4) is 0 Å². The molecule has 1 unspecified atom stereocenters. The number of benzene rings is 1. The first-order valence-electron chi connectivity index (χ1n) is 5.06. The highest BCUT2D eigenvalue weighted by molar-refractivity contribution is 5.13. The summed E-state index contributed by atoms with van der Waals surface area (Å²) in [6.45, 7) is 5.97. The molecule has 0 aromatic heterocycles. The van der Waals surface area contributed by atoms with E-state index >= 15 is 0 Å². The van der Waals surface area contributed by atoms with E-state index in [1.807, 2.05) is 30.3 Å². The van der Waals surface area contributed by atoms with Crippen LogP contribution < -0.4 is 5.32 Å². The SMILES string of the molecule is C=C(NCC1CO1)OCc1ccccc1. The van der Waals surface area contributed by atoms with Crippen LogP contribution in [0.3, 0.4) is 0 Å². The van der Waals surface area contributed by atoms with Crippen LogP contribution >= 0.6 is 0 Å². The summed E-state index contributed by atoms with van der Waals surface area (Å²) in [6.07, 6.45) is 0.349. The van der Waals surface area contributed by atoms with Crippen molar-refractivity contribution in [2.24, 2.45) is 0 Å². The molecule has 1 aromatic rings. The van der Waals surface area contributed by atoms with Crippen LogP contribution in [-0.2, 0) is 16.1 Å². The van der Waals surface area contributed by atoms with Crippen molar-refractivity contribution in [2.75, 3.05) is 13.2 Å². The number of hydrogen-bond donors (Lipinski definition) is 1. The number of nitrogens with one attached hydrogen (secondary N) is 1. The molecule has 0 saturated carbocycles. The molecular formula is C12H15NO2. The predicted octanol–water partition coefficient (Wildman–Crippen LogP) is 1.66. The van der Waals surface area contributed by atoms with Gasteiger partial charge in [0.15, 0.2) is 5.88 Å². The Morgan fingerprint density at radius 1 is 1.47 bits per heavy atom. The summed E-state index contributed by atoms with van der Waals surface area (Å²) in [5, 5.41) is 3.07. The predicted molar refractivity (Wildman–Crippen MR) is 58.1 cm³/mol. The zero-order valence-corrected chi connectivity index (χ0v) is 8.61. The van der Waals surface area contributed by atoms with Crippen LogP contribution in [0, 0.1) is 0 Å². The van der Waals surface area contributed by atoms with Gasteiger partial charge in [-0.25, -0.2) is 0 Å². The van der Waals surface area contributed by atoms with E-state index in [1.165, 1.54) is 0 Å². The molecule has 1 saturated heterocycles. The Bertz CT molecular complexity index is 320. The third-order valence-electron chi connectivity index (χ3n) is 2.19. The average molecular weight is 205 g/mol. The molecule has 80 valence electrons. The Labute approximate surface area is 89.7 Å². The van der Waals surface area contributed by atoms with Gasteiger partial charge >= 0.3 is 0 Å². The summed E-state index contributed by atoms with van der Waals surface area (Å²) in [5.41, 5.74) is 1.14. The van der Waals surface area contributed by atoms with E-state index in [2.05, 4.69) is 11.9 Å². The van der Waals surface area contributed by atoms with Gasteiger partial charge in [-0.05, 0) is 12.1 Å². The molecule has 2 rings (SSSR count). The van der Waals surface area contributed by atoms with Crippen LogP contribution in [-0.4, -0.2) is 19.3 Å². The maximum absolute atomic E-state index is 5.45. The van der Waals surface area contributed by atoms with Gasteiger partial charge in [0.2, 0.25) is 0 Å². The van der Waals surface area contributed by atoms with Crippen molar-refractivity contribution < 1.29 is 9.47 Å². The summed E-state index contributed by atoms with van der Waals surface area (Å²) >= 11 is 0. The first-order valence-corrected chi connectivity index (χ1v) is 5.06. The van der Waals surface area contributed by atoms with Crippen molar-refractivity contribution in [1.82, 2.24) is 5.32 Å². The van der Waals surface area contributed by atoms with Crippen molar-refractivity contribution in [2.45, 2.75) is 12.7 Å². The van der Waals surface area contributed by atoms with Crippen LogP contribution in [0.2, 0.25) is 0 Å². The third kappa shape index (κ3) is 3.64. The molecule has 1 aliphatic rings. The molecule has 0 spiro atoms. The smallest absolute Gasteiger partial charge is 0.179 e. The second kappa shape index (κ2) is 4.84. The molecule has 1 atom stereocenters. The van der Waals surface area contributed by atoms with Gasteiger partial charge in [-0.15, -0.1) is 0 Å². The maximum atomic E-state index is 5.45. The van der Waals surface area contributed by atoms with E-state index in [0.29, 0.717) is 18.6 Å². The molecule has 1 heterocycles. The zero-order chi connectivity index (χ0) is 10.5. The van der Waals surface area contributed by atoms with E-state index in [-0.39, 0.29) is 0 Å². The largest absolute Gasteiger partial charge is 0.475 e. The summed E-state index contributed by atoms with van der Waals surface area (Å²) in [7, 11) is 0.